The topological polar surface area (TPSA) is 0 Å². The minimum absolute atomic E-state index is 0.773. The molecule has 13 heavy (non-hydrogen) atoms. The van der Waals surface area contributed by atoms with Gasteiger partial charge in [0, 0.05) is 0 Å². The molecule has 1 aromatic rings. The van der Waals surface area contributed by atoms with Gasteiger partial charge in [-0.2, -0.15) is 0 Å². The molecule has 0 bridgehead atoms. The second kappa shape index (κ2) is 5.23. The van der Waals surface area contributed by atoms with Crippen LogP contribution < -0.4 is 0 Å². The van der Waals surface area contributed by atoms with Gasteiger partial charge in [-0.15, -0.1) is 11.3 Å². The molecule has 1 heterocycles. The Morgan fingerprint density at radius 1 is 1.46 bits per heavy atom. The molecule has 74 valence electrons. The third-order valence-corrected chi connectivity index (χ3v) is 3.90. The monoisotopic (exact) mass is 236 g/mol. The van der Waals surface area contributed by atoms with Crippen LogP contribution >= 0.6 is 34.5 Å². The van der Waals surface area contributed by atoms with E-state index < -0.39 is 0 Å². The van der Waals surface area contributed by atoms with Crippen molar-refractivity contribution in [1.29, 1.82) is 0 Å². The Balaban J connectivity index is 2.49. The van der Waals surface area contributed by atoms with Gasteiger partial charge in [0.1, 0.15) is 0 Å². The Morgan fingerprint density at radius 2 is 2.15 bits per heavy atom. The van der Waals surface area contributed by atoms with Crippen molar-refractivity contribution < 1.29 is 0 Å². The summed E-state index contributed by atoms with van der Waals surface area (Å²) in [7, 11) is 0. The van der Waals surface area contributed by atoms with Gasteiger partial charge in [0.05, 0.1) is 8.67 Å². The molecule has 3 heteroatoms. The van der Waals surface area contributed by atoms with E-state index in [-0.39, 0.29) is 0 Å². The van der Waals surface area contributed by atoms with Crippen LogP contribution in [0.25, 0.3) is 0 Å². The van der Waals surface area contributed by atoms with E-state index in [1.807, 2.05) is 6.07 Å². The summed E-state index contributed by atoms with van der Waals surface area (Å²) in [6, 6.07) is 1.98. The van der Waals surface area contributed by atoms with Gasteiger partial charge in [-0.1, -0.05) is 43.5 Å². The van der Waals surface area contributed by atoms with Crippen molar-refractivity contribution in [3.05, 3.63) is 20.3 Å². The van der Waals surface area contributed by atoms with Crippen molar-refractivity contribution in [2.45, 2.75) is 33.1 Å². The quantitative estimate of drug-likeness (QED) is 0.688. The largest absolute Gasteiger partial charge is 0.111 e. The van der Waals surface area contributed by atoms with Gasteiger partial charge in [0.2, 0.25) is 0 Å². The molecule has 1 rings (SSSR count). The molecule has 0 nitrogen and oxygen atoms in total. The Kier molecular flexibility index (Phi) is 4.57. The number of aryl methyl sites for hydroxylation is 1. The fourth-order valence-corrected chi connectivity index (χ4v) is 2.70. The van der Waals surface area contributed by atoms with E-state index in [1.54, 1.807) is 0 Å². The van der Waals surface area contributed by atoms with Crippen molar-refractivity contribution in [2.75, 3.05) is 0 Å². The Morgan fingerprint density at radius 3 is 2.62 bits per heavy atom. The van der Waals surface area contributed by atoms with Crippen molar-refractivity contribution in [3.8, 4) is 0 Å². The fourth-order valence-electron chi connectivity index (χ4n) is 1.15. The highest BCUT2D eigenvalue weighted by Crippen LogP contribution is 2.32. The first-order chi connectivity index (χ1) is 6.13. The zero-order valence-electron chi connectivity index (χ0n) is 7.94. The van der Waals surface area contributed by atoms with Gasteiger partial charge in [0.15, 0.2) is 0 Å². The average molecular weight is 237 g/mol. The maximum atomic E-state index is 6.01. The molecule has 0 aliphatic heterocycles. The third-order valence-electron chi connectivity index (χ3n) is 2.33. The maximum absolute atomic E-state index is 6.01. The van der Waals surface area contributed by atoms with Gasteiger partial charge < -0.3 is 0 Å². The number of rotatable bonds is 4. The van der Waals surface area contributed by atoms with Gasteiger partial charge >= 0.3 is 0 Å². The molecule has 0 aromatic carbocycles. The number of thiophene rings is 1. The zero-order chi connectivity index (χ0) is 9.84. The first kappa shape index (κ1) is 11.4. The standard InChI is InChI=1S/C10H14Cl2S/c1-3-7(2)4-5-8-6-9(11)13-10(8)12/h6-7H,3-5H2,1-2H3. The molecule has 0 fully saturated rings. The van der Waals surface area contributed by atoms with Crippen LogP contribution in [0.15, 0.2) is 6.07 Å². The molecule has 1 unspecified atom stereocenters. The van der Waals surface area contributed by atoms with Crippen molar-refractivity contribution in [3.63, 3.8) is 0 Å². The lowest BCUT2D eigenvalue weighted by molar-refractivity contribution is 0.517. The first-order valence-corrected chi connectivity index (χ1v) is 6.14. The van der Waals surface area contributed by atoms with Crippen LogP contribution in [0.1, 0.15) is 32.3 Å². The molecular formula is C10H14Cl2S. The molecule has 1 aromatic heterocycles. The van der Waals surface area contributed by atoms with E-state index in [0.717, 1.165) is 21.0 Å². The number of hydrogen-bond acceptors (Lipinski definition) is 1. The van der Waals surface area contributed by atoms with Crippen LogP contribution in [0.4, 0.5) is 0 Å². The fraction of sp³-hybridized carbons (Fsp3) is 0.600. The second-order valence-corrected chi connectivity index (χ2v) is 5.69. The molecule has 0 aliphatic carbocycles. The first-order valence-electron chi connectivity index (χ1n) is 4.57. The van der Waals surface area contributed by atoms with E-state index in [9.17, 15) is 0 Å². The van der Waals surface area contributed by atoms with E-state index in [0.29, 0.717) is 0 Å². The molecule has 0 radical (unpaired) electrons. The van der Waals surface area contributed by atoms with E-state index in [1.165, 1.54) is 29.7 Å². The molecule has 0 saturated carbocycles. The van der Waals surface area contributed by atoms with E-state index in [4.69, 9.17) is 23.2 Å². The molecular weight excluding hydrogens is 223 g/mol. The SMILES string of the molecule is CCC(C)CCc1cc(Cl)sc1Cl. The summed E-state index contributed by atoms with van der Waals surface area (Å²) in [5.41, 5.74) is 1.21. The van der Waals surface area contributed by atoms with Crippen LogP contribution in [-0.4, -0.2) is 0 Å². The smallest absolute Gasteiger partial charge is 0.0976 e. The molecule has 0 amide bonds. The molecule has 1 atom stereocenters. The van der Waals surface area contributed by atoms with Gasteiger partial charge in [-0.05, 0) is 30.4 Å². The highest BCUT2D eigenvalue weighted by atomic mass is 35.5. The van der Waals surface area contributed by atoms with Crippen LogP contribution in [-0.2, 0) is 6.42 Å². The summed E-state index contributed by atoms with van der Waals surface area (Å²) < 4.78 is 1.65. The Bertz CT molecular complexity index is 268. The minimum atomic E-state index is 0.773. The second-order valence-electron chi connectivity index (χ2n) is 3.40. The average Bonchev–Trinajstić information content (AvgIpc) is 2.41. The summed E-state index contributed by atoms with van der Waals surface area (Å²) in [6.07, 6.45) is 3.48. The van der Waals surface area contributed by atoms with Gasteiger partial charge in [-0.3, -0.25) is 0 Å². The normalized spacial score (nSPS) is 13.2. The van der Waals surface area contributed by atoms with Gasteiger partial charge in [0.25, 0.3) is 0 Å². The van der Waals surface area contributed by atoms with Crippen LogP contribution in [0, 0.1) is 5.92 Å². The van der Waals surface area contributed by atoms with Crippen molar-refractivity contribution >= 4 is 34.5 Å². The third kappa shape index (κ3) is 3.49. The van der Waals surface area contributed by atoms with Crippen molar-refractivity contribution in [2.24, 2.45) is 5.92 Å². The molecule has 0 aliphatic rings. The van der Waals surface area contributed by atoms with E-state index in [2.05, 4.69) is 13.8 Å². The minimum Gasteiger partial charge on any atom is -0.111 e. The summed E-state index contributed by atoms with van der Waals surface area (Å²) in [5.74, 6) is 0.773. The summed E-state index contributed by atoms with van der Waals surface area (Å²) >= 11 is 13.3. The predicted octanol–water partition coefficient (Wildman–Crippen LogP) is 5.03. The highest BCUT2D eigenvalue weighted by Gasteiger charge is 2.07. The Hall–Kier alpha value is 0.280. The summed E-state index contributed by atoms with van der Waals surface area (Å²) in [5, 5.41) is 0. The van der Waals surface area contributed by atoms with Crippen LogP contribution in [0.2, 0.25) is 8.67 Å². The number of hydrogen-bond donors (Lipinski definition) is 0. The number of halogens is 2. The van der Waals surface area contributed by atoms with Crippen LogP contribution in [0.3, 0.4) is 0 Å². The lowest BCUT2D eigenvalue weighted by Crippen LogP contribution is -1.94. The summed E-state index contributed by atoms with van der Waals surface area (Å²) in [4.78, 5) is 0. The van der Waals surface area contributed by atoms with Crippen LogP contribution in [0.5, 0.6) is 0 Å². The maximum Gasteiger partial charge on any atom is 0.0976 e. The van der Waals surface area contributed by atoms with Crippen molar-refractivity contribution in [1.82, 2.24) is 0 Å². The molecule has 0 saturated heterocycles. The molecule has 0 N–H and O–H groups in total. The van der Waals surface area contributed by atoms with Gasteiger partial charge in [-0.25, -0.2) is 0 Å². The predicted molar refractivity (Wildman–Crippen MR) is 62.1 cm³/mol. The Labute approximate surface area is 93.9 Å². The molecule has 0 spiro atoms. The lowest BCUT2D eigenvalue weighted by atomic mass is 10.0. The summed E-state index contributed by atoms with van der Waals surface area (Å²) in [6.45, 7) is 4.48. The van der Waals surface area contributed by atoms with E-state index >= 15 is 0 Å². The zero-order valence-corrected chi connectivity index (χ0v) is 10.3. The lowest BCUT2D eigenvalue weighted by Gasteiger charge is -2.06. The highest BCUT2D eigenvalue weighted by molar-refractivity contribution is 7.20.